The first-order valence-corrected chi connectivity index (χ1v) is 10.3. The molecule has 2 heterocycles. The van der Waals surface area contributed by atoms with Crippen LogP contribution in [0.1, 0.15) is 0 Å². The summed E-state index contributed by atoms with van der Waals surface area (Å²) in [6.45, 7) is 0. The van der Waals surface area contributed by atoms with Gasteiger partial charge in [-0.15, -0.1) is 16.7 Å². The number of nitrogens with zero attached hydrogens (tertiary/aromatic N) is 4. The first-order chi connectivity index (χ1) is 11.4. The third-order valence-electron chi connectivity index (χ3n) is 3.40. The molecule has 1 N–H and O–H groups in total. The van der Waals surface area contributed by atoms with Crippen LogP contribution in [0, 0.1) is 0 Å². The van der Waals surface area contributed by atoms with Crippen LogP contribution in [0.25, 0.3) is 5.69 Å². The minimum atomic E-state index is -3.18. The molecular weight excluding hydrogens is 374 g/mol. The zero-order valence-corrected chi connectivity index (χ0v) is 14.8. The van der Waals surface area contributed by atoms with E-state index in [1.165, 1.54) is 4.68 Å². The molecule has 0 radical (unpaired) electrons. The summed E-state index contributed by atoms with van der Waals surface area (Å²) in [6.07, 6.45) is 0. The van der Waals surface area contributed by atoms with Crippen molar-refractivity contribution >= 4 is 39.1 Å². The Bertz CT molecular complexity index is 827. The topological polar surface area (TPSA) is 107 Å². The van der Waals surface area contributed by atoms with E-state index < -0.39 is 21.3 Å². The zero-order chi connectivity index (χ0) is 17.2. The van der Waals surface area contributed by atoms with E-state index in [0.29, 0.717) is 5.16 Å². The summed E-state index contributed by atoms with van der Waals surface area (Å²) in [5.41, 5.74) is 0.785. The van der Waals surface area contributed by atoms with Crippen molar-refractivity contribution in [1.29, 1.82) is 0 Å². The Morgan fingerprint density at radius 3 is 2.75 bits per heavy atom. The molecule has 8 nitrogen and oxygen atoms in total. The molecule has 2 atom stereocenters. The molecule has 128 valence electrons. The predicted octanol–water partition coefficient (Wildman–Crippen LogP) is 0.275. The van der Waals surface area contributed by atoms with Gasteiger partial charge in [0.15, 0.2) is 9.84 Å². The fraction of sp³-hybridized carbons (Fsp3) is 0.385. The lowest BCUT2D eigenvalue weighted by atomic mass is 10.2. The third-order valence-corrected chi connectivity index (χ3v) is 6.70. The van der Waals surface area contributed by atoms with Crippen LogP contribution >= 0.6 is 23.4 Å². The van der Waals surface area contributed by atoms with Crippen molar-refractivity contribution in [2.24, 2.45) is 0 Å². The van der Waals surface area contributed by atoms with E-state index in [1.54, 1.807) is 0 Å². The molecule has 1 saturated heterocycles. The van der Waals surface area contributed by atoms with Crippen molar-refractivity contribution in [3.05, 3.63) is 30.3 Å². The molecule has 1 fully saturated rings. The lowest BCUT2D eigenvalue weighted by molar-refractivity contribution is -0.119. The Balaban J connectivity index is 1.59. The third kappa shape index (κ3) is 4.05. The van der Waals surface area contributed by atoms with Gasteiger partial charge in [0.1, 0.15) is 0 Å². The highest BCUT2D eigenvalue weighted by atomic mass is 35.5. The predicted molar refractivity (Wildman–Crippen MR) is 90.1 cm³/mol. The monoisotopic (exact) mass is 387 g/mol. The summed E-state index contributed by atoms with van der Waals surface area (Å²) in [7, 11) is -3.18. The van der Waals surface area contributed by atoms with E-state index in [2.05, 4.69) is 20.8 Å². The largest absolute Gasteiger partial charge is 0.350 e. The maximum Gasteiger partial charge on any atom is 0.230 e. The fourth-order valence-corrected chi connectivity index (χ4v) is 5.57. The van der Waals surface area contributed by atoms with E-state index in [-0.39, 0.29) is 23.2 Å². The van der Waals surface area contributed by atoms with Crippen molar-refractivity contribution < 1.29 is 13.2 Å². The van der Waals surface area contributed by atoms with Gasteiger partial charge in [-0.05, 0) is 22.6 Å². The number of hydrogen-bond donors (Lipinski definition) is 1. The minimum Gasteiger partial charge on any atom is -0.350 e. The Kier molecular flexibility index (Phi) is 5.07. The fourth-order valence-electron chi connectivity index (χ4n) is 2.32. The van der Waals surface area contributed by atoms with Crippen LogP contribution in [-0.4, -0.2) is 63.2 Å². The lowest BCUT2D eigenvalue weighted by Crippen LogP contribution is -2.41. The van der Waals surface area contributed by atoms with Crippen LogP contribution in [0.15, 0.2) is 35.5 Å². The van der Waals surface area contributed by atoms with Gasteiger partial charge in [0, 0.05) is 0 Å². The Morgan fingerprint density at radius 1 is 1.33 bits per heavy atom. The molecule has 0 unspecified atom stereocenters. The van der Waals surface area contributed by atoms with Crippen molar-refractivity contribution in [1.82, 2.24) is 25.5 Å². The molecule has 1 aliphatic rings. The number of hydrogen-bond acceptors (Lipinski definition) is 7. The van der Waals surface area contributed by atoms with Crippen LogP contribution in [0.3, 0.4) is 0 Å². The van der Waals surface area contributed by atoms with E-state index in [9.17, 15) is 13.2 Å². The molecule has 0 aliphatic carbocycles. The quantitative estimate of drug-likeness (QED) is 0.579. The van der Waals surface area contributed by atoms with Gasteiger partial charge in [-0.1, -0.05) is 30.0 Å². The number of para-hydroxylation sites is 1. The molecule has 24 heavy (non-hydrogen) atoms. The molecule has 0 bridgehead atoms. The standard InChI is InChI=1S/C13H14ClN5O3S2/c14-10-7-24(21,22)8-11(10)15-12(20)6-23-13-16-17-18-19(13)9-4-2-1-3-5-9/h1-5,10-11H,6-8H2,(H,15,20)/t10-,11+/m0/s1. The van der Waals surface area contributed by atoms with Crippen LogP contribution in [0.5, 0.6) is 0 Å². The normalized spacial score (nSPS) is 22.4. The molecule has 1 aliphatic heterocycles. The number of rotatable bonds is 5. The molecule has 2 aromatic rings. The number of aromatic nitrogens is 4. The van der Waals surface area contributed by atoms with Gasteiger partial charge in [0.05, 0.1) is 34.4 Å². The van der Waals surface area contributed by atoms with Gasteiger partial charge in [-0.3, -0.25) is 4.79 Å². The van der Waals surface area contributed by atoms with E-state index in [4.69, 9.17) is 11.6 Å². The average Bonchev–Trinajstić information content (AvgIpc) is 3.10. The number of benzene rings is 1. The number of amides is 1. The molecular formula is C13H14ClN5O3S2. The summed E-state index contributed by atoms with van der Waals surface area (Å²) in [4.78, 5) is 12.0. The second-order valence-electron chi connectivity index (χ2n) is 5.26. The van der Waals surface area contributed by atoms with Gasteiger partial charge >= 0.3 is 0 Å². The van der Waals surface area contributed by atoms with E-state index in [0.717, 1.165) is 17.4 Å². The maximum absolute atomic E-state index is 12.0. The number of tetrazole rings is 1. The van der Waals surface area contributed by atoms with Gasteiger partial charge in [0.2, 0.25) is 11.1 Å². The highest BCUT2D eigenvalue weighted by molar-refractivity contribution is 7.99. The number of carbonyl (C=O) groups is 1. The van der Waals surface area contributed by atoms with Crippen LogP contribution in [-0.2, 0) is 14.6 Å². The average molecular weight is 388 g/mol. The van der Waals surface area contributed by atoms with Crippen LogP contribution < -0.4 is 5.32 Å². The molecule has 0 saturated carbocycles. The zero-order valence-electron chi connectivity index (χ0n) is 12.4. The molecule has 3 rings (SSSR count). The maximum atomic E-state index is 12.0. The summed E-state index contributed by atoms with van der Waals surface area (Å²) < 4.78 is 24.5. The molecule has 11 heteroatoms. The lowest BCUT2D eigenvalue weighted by Gasteiger charge is -2.13. The number of thioether (sulfide) groups is 1. The van der Waals surface area contributed by atoms with Crippen molar-refractivity contribution in [2.45, 2.75) is 16.6 Å². The Hall–Kier alpha value is -1.65. The van der Waals surface area contributed by atoms with Gasteiger partial charge in [0.25, 0.3) is 0 Å². The minimum absolute atomic E-state index is 0.0629. The summed E-state index contributed by atoms with van der Waals surface area (Å²) in [6, 6.07) is 8.74. The number of nitrogens with one attached hydrogen (secondary N) is 1. The molecule has 1 aromatic carbocycles. The van der Waals surface area contributed by atoms with Crippen molar-refractivity contribution in [3.63, 3.8) is 0 Å². The van der Waals surface area contributed by atoms with E-state index >= 15 is 0 Å². The van der Waals surface area contributed by atoms with Crippen LogP contribution in [0.4, 0.5) is 0 Å². The SMILES string of the molecule is O=C(CSc1nnnn1-c1ccccc1)N[C@@H]1CS(=O)(=O)C[C@@H]1Cl. The van der Waals surface area contributed by atoms with Crippen molar-refractivity contribution in [3.8, 4) is 5.69 Å². The van der Waals surface area contributed by atoms with Gasteiger partial charge in [-0.2, -0.15) is 4.68 Å². The highest BCUT2D eigenvalue weighted by Crippen LogP contribution is 2.20. The number of carbonyl (C=O) groups excluding carboxylic acids is 1. The van der Waals surface area contributed by atoms with Gasteiger partial charge in [-0.25, -0.2) is 8.42 Å². The second-order valence-corrected chi connectivity index (χ2v) is 8.92. The summed E-state index contributed by atoms with van der Waals surface area (Å²) in [5, 5.41) is 13.9. The Labute approximate surface area is 147 Å². The summed E-state index contributed by atoms with van der Waals surface area (Å²) >= 11 is 7.14. The van der Waals surface area contributed by atoms with Gasteiger partial charge < -0.3 is 5.32 Å². The van der Waals surface area contributed by atoms with E-state index in [1.807, 2.05) is 30.3 Å². The number of alkyl halides is 1. The summed E-state index contributed by atoms with van der Waals surface area (Å²) in [5.74, 6) is -0.485. The molecule has 1 amide bonds. The smallest absolute Gasteiger partial charge is 0.230 e. The first kappa shape index (κ1) is 17.2. The number of halogens is 1. The Morgan fingerprint density at radius 2 is 2.08 bits per heavy atom. The number of sulfone groups is 1. The molecule has 1 aromatic heterocycles. The highest BCUT2D eigenvalue weighted by Gasteiger charge is 2.37. The first-order valence-electron chi connectivity index (χ1n) is 7.05. The second kappa shape index (κ2) is 7.08. The van der Waals surface area contributed by atoms with Crippen LogP contribution in [0.2, 0.25) is 0 Å². The van der Waals surface area contributed by atoms with Crippen molar-refractivity contribution in [2.75, 3.05) is 17.3 Å². The molecule has 0 spiro atoms.